The first-order chi connectivity index (χ1) is 2.39. The molecule has 1 heterocycles. The van der Waals surface area contributed by atoms with Crippen molar-refractivity contribution in [2.75, 3.05) is 6.54 Å². The molecule has 5 heavy (non-hydrogen) atoms. The second-order valence-corrected chi connectivity index (χ2v) is 0.949. The average Bonchev–Trinajstić information content (AvgIpc) is 1.30. The van der Waals surface area contributed by atoms with Gasteiger partial charge in [0.1, 0.15) is 0 Å². The van der Waals surface area contributed by atoms with Crippen LogP contribution in [-0.4, -0.2) is 12.5 Å². The van der Waals surface area contributed by atoms with E-state index < -0.39 is 0 Å². The summed E-state index contributed by atoms with van der Waals surface area (Å²) in [4.78, 5) is 9.73. The first kappa shape index (κ1) is 2.69. The van der Waals surface area contributed by atoms with Gasteiger partial charge in [-0.3, -0.25) is 4.79 Å². The zero-order chi connectivity index (χ0) is 3.70. The Kier molecular flexibility index (Phi) is 0.381. The van der Waals surface area contributed by atoms with Gasteiger partial charge < -0.3 is 5.32 Å². The molecule has 0 aromatic rings. The fourth-order valence-corrected chi connectivity index (χ4v) is 0.185. The second-order valence-electron chi connectivity index (χ2n) is 0.949. The molecule has 1 fully saturated rings. The molecule has 1 aliphatic heterocycles. The minimum atomic E-state index is 0.0602. The molecule has 27 valence electrons. The van der Waals surface area contributed by atoms with E-state index in [9.17, 15) is 4.79 Å². The summed E-state index contributed by atoms with van der Waals surface area (Å²) in [5.41, 5.74) is 0. The first-order valence-electron chi connectivity index (χ1n) is 1.50. The van der Waals surface area contributed by atoms with Gasteiger partial charge in [0.15, 0.2) is 0 Å². The molecular weight excluding hydrogens is 66.0 g/mol. The van der Waals surface area contributed by atoms with Crippen molar-refractivity contribution in [2.24, 2.45) is 0 Å². The number of carbonyl (C=O) groups excluding carboxylic acids is 1. The molecule has 0 spiro atoms. The van der Waals surface area contributed by atoms with Crippen LogP contribution < -0.4 is 5.32 Å². The van der Waals surface area contributed by atoms with Crippen LogP contribution in [0.4, 0.5) is 0 Å². The third kappa shape index (κ3) is 0.251. The Balaban J connectivity index is 2.32. The summed E-state index contributed by atoms with van der Waals surface area (Å²) in [6, 6.07) is 0. The smallest absolute Gasteiger partial charge is 0.225 e. The van der Waals surface area contributed by atoms with E-state index in [0.29, 0.717) is 0 Å². The van der Waals surface area contributed by atoms with Crippen molar-refractivity contribution in [3.8, 4) is 0 Å². The molecule has 1 aliphatic rings. The SMILES string of the molecule is O=C1[CH]CN1. The number of nitrogens with one attached hydrogen (secondary N) is 1. The van der Waals surface area contributed by atoms with Crippen molar-refractivity contribution in [1.82, 2.24) is 5.32 Å². The lowest BCUT2D eigenvalue weighted by atomic mass is 10.3. The summed E-state index contributed by atoms with van der Waals surface area (Å²) >= 11 is 0. The van der Waals surface area contributed by atoms with Gasteiger partial charge in [-0.1, -0.05) is 0 Å². The molecule has 1 radical (unpaired) electrons. The third-order valence-electron chi connectivity index (χ3n) is 0.564. The van der Waals surface area contributed by atoms with Crippen molar-refractivity contribution < 1.29 is 4.79 Å². The first-order valence-corrected chi connectivity index (χ1v) is 1.50. The molecule has 2 heteroatoms. The Bertz CT molecular complexity index is 53.9. The summed E-state index contributed by atoms with van der Waals surface area (Å²) in [6.45, 7) is 0.763. The number of rotatable bonds is 0. The zero-order valence-electron chi connectivity index (χ0n) is 2.69. The molecule has 0 aromatic carbocycles. The van der Waals surface area contributed by atoms with E-state index in [1.807, 2.05) is 0 Å². The fraction of sp³-hybridized carbons (Fsp3) is 0.333. The predicted octanol–water partition coefficient (Wildman–Crippen LogP) is -0.680. The van der Waals surface area contributed by atoms with Crippen molar-refractivity contribution in [2.45, 2.75) is 0 Å². The van der Waals surface area contributed by atoms with Crippen LogP contribution in [0.15, 0.2) is 0 Å². The number of amides is 1. The molecule has 0 unspecified atom stereocenters. The minimum absolute atomic E-state index is 0.0602. The number of carbonyl (C=O) groups is 1. The molecule has 1 saturated heterocycles. The number of hydrogen-bond acceptors (Lipinski definition) is 1. The molecule has 0 aliphatic carbocycles. The van der Waals surface area contributed by atoms with Crippen LogP contribution in [0.5, 0.6) is 0 Å². The molecule has 1 amide bonds. The van der Waals surface area contributed by atoms with Crippen LogP contribution in [0.1, 0.15) is 0 Å². The van der Waals surface area contributed by atoms with E-state index in [-0.39, 0.29) is 5.91 Å². The van der Waals surface area contributed by atoms with E-state index in [2.05, 4.69) is 5.32 Å². The van der Waals surface area contributed by atoms with Gasteiger partial charge in [0.25, 0.3) is 0 Å². The van der Waals surface area contributed by atoms with Gasteiger partial charge in [-0.2, -0.15) is 0 Å². The summed E-state index contributed by atoms with van der Waals surface area (Å²) < 4.78 is 0. The summed E-state index contributed by atoms with van der Waals surface area (Å²) in [5, 5.41) is 2.51. The van der Waals surface area contributed by atoms with Crippen LogP contribution in [0.25, 0.3) is 0 Å². The highest BCUT2D eigenvalue weighted by atomic mass is 16.2. The molecule has 2 nitrogen and oxygen atoms in total. The lowest BCUT2D eigenvalue weighted by molar-refractivity contribution is -0.120. The highest BCUT2D eigenvalue weighted by molar-refractivity contribution is 5.90. The van der Waals surface area contributed by atoms with Crippen LogP contribution in [0, 0.1) is 6.42 Å². The fourth-order valence-electron chi connectivity index (χ4n) is 0.185. The predicted molar refractivity (Wildman–Crippen MR) is 17.3 cm³/mol. The van der Waals surface area contributed by atoms with Crippen LogP contribution in [0.2, 0.25) is 0 Å². The largest absolute Gasteiger partial charge is 0.355 e. The Morgan fingerprint density at radius 3 is 2.40 bits per heavy atom. The van der Waals surface area contributed by atoms with Gasteiger partial charge in [-0.25, -0.2) is 0 Å². The lowest BCUT2D eigenvalue weighted by Gasteiger charge is -2.09. The maximum absolute atomic E-state index is 9.73. The number of β-lactam (4-membered cyclic amide) rings is 1. The molecule has 0 atom stereocenters. The monoisotopic (exact) mass is 70.0 g/mol. The van der Waals surface area contributed by atoms with Crippen LogP contribution in [-0.2, 0) is 4.79 Å². The molecule has 0 saturated carbocycles. The second kappa shape index (κ2) is 0.708. The Morgan fingerprint density at radius 2 is 2.40 bits per heavy atom. The van der Waals surface area contributed by atoms with E-state index in [1.165, 1.54) is 0 Å². The summed E-state index contributed by atoms with van der Waals surface area (Å²) in [5.74, 6) is 0.0602. The van der Waals surface area contributed by atoms with Gasteiger partial charge in [-0.05, 0) is 0 Å². The highest BCUT2D eigenvalue weighted by Crippen LogP contribution is 1.83. The van der Waals surface area contributed by atoms with E-state index in [1.54, 1.807) is 6.42 Å². The molecule has 0 aromatic heterocycles. The standard InChI is InChI=1S/C3H4NO/c5-3-1-2-4-3/h1H,2H2,(H,4,5). The maximum Gasteiger partial charge on any atom is 0.225 e. The van der Waals surface area contributed by atoms with E-state index in [4.69, 9.17) is 0 Å². The Morgan fingerprint density at radius 1 is 2.00 bits per heavy atom. The normalized spacial score (nSPS) is 20.4. The van der Waals surface area contributed by atoms with Gasteiger partial charge in [0.05, 0.1) is 6.42 Å². The lowest BCUT2D eigenvalue weighted by Crippen LogP contribution is -2.38. The third-order valence-corrected chi connectivity index (χ3v) is 0.564. The molecular formula is C3H4NO. The topological polar surface area (TPSA) is 29.1 Å². The van der Waals surface area contributed by atoms with Crippen LogP contribution >= 0.6 is 0 Å². The molecule has 1 rings (SSSR count). The van der Waals surface area contributed by atoms with Gasteiger partial charge in [-0.15, -0.1) is 0 Å². The maximum atomic E-state index is 9.73. The summed E-state index contributed by atoms with van der Waals surface area (Å²) in [7, 11) is 0. The van der Waals surface area contributed by atoms with Crippen LogP contribution in [0.3, 0.4) is 0 Å². The molecule has 0 bridgehead atoms. The number of hydrogen-bond donors (Lipinski definition) is 1. The van der Waals surface area contributed by atoms with Gasteiger partial charge in [0, 0.05) is 6.54 Å². The average molecular weight is 70.1 g/mol. The Labute approximate surface area is 30.2 Å². The van der Waals surface area contributed by atoms with E-state index in [0.717, 1.165) is 6.54 Å². The Hall–Kier alpha value is -0.530. The van der Waals surface area contributed by atoms with Crippen molar-refractivity contribution in [3.05, 3.63) is 6.42 Å². The van der Waals surface area contributed by atoms with Gasteiger partial charge in [0.2, 0.25) is 5.91 Å². The van der Waals surface area contributed by atoms with Crippen molar-refractivity contribution >= 4 is 5.91 Å². The van der Waals surface area contributed by atoms with Crippen molar-refractivity contribution in [3.63, 3.8) is 0 Å². The zero-order valence-corrected chi connectivity index (χ0v) is 2.69. The summed E-state index contributed by atoms with van der Waals surface area (Å²) in [6.07, 6.45) is 1.60. The minimum Gasteiger partial charge on any atom is -0.355 e. The highest BCUT2D eigenvalue weighted by Gasteiger charge is 2.08. The van der Waals surface area contributed by atoms with E-state index >= 15 is 0 Å². The quantitative estimate of drug-likeness (QED) is 0.376. The van der Waals surface area contributed by atoms with Crippen molar-refractivity contribution in [1.29, 1.82) is 0 Å². The molecule has 1 N–H and O–H groups in total. The van der Waals surface area contributed by atoms with Gasteiger partial charge >= 0.3 is 0 Å².